The van der Waals surface area contributed by atoms with Crippen molar-refractivity contribution in [1.29, 1.82) is 0 Å². The van der Waals surface area contributed by atoms with E-state index in [-0.39, 0.29) is 30.5 Å². The van der Waals surface area contributed by atoms with Gasteiger partial charge in [0.1, 0.15) is 5.69 Å². The van der Waals surface area contributed by atoms with Crippen LogP contribution in [0.25, 0.3) is 11.0 Å². The summed E-state index contributed by atoms with van der Waals surface area (Å²) in [4.78, 5) is 31.0. The molecule has 1 heterocycles. The van der Waals surface area contributed by atoms with Gasteiger partial charge in [-0.2, -0.15) is 0 Å². The third-order valence-corrected chi connectivity index (χ3v) is 2.52. The lowest BCUT2D eigenvalue weighted by atomic mass is 10.3. The second-order valence-corrected chi connectivity index (χ2v) is 3.83. The molecule has 6 nitrogen and oxygen atoms in total. The molecule has 0 saturated heterocycles. The van der Waals surface area contributed by atoms with Gasteiger partial charge in [0, 0.05) is 6.54 Å². The number of aromatic nitrogens is 2. The summed E-state index contributed by atoms with van der Waals surface area (Å²) in [5, 5.41) is 2.59. The first-order chi connectivity index (χ1) is 9.20. The monoisotopic (exact) mass is 259 g/mol. The normalized spacial score (nSPS) is 10.2. The number of nitrogens with zero attached hydrogens (tertiary/aromatic N) is 2. The Hall–Kier alpha value is -2.50. The zero-order valence-corrected chi connectivity index (χ0v) is 10.4. The molecule has 98 valence electrons. The fourth-order valence-electron chi connectivity index (χ4n) is 1.54. The highest BCUT2D eigenvalue weighted by atomic mass is 16.5. The highest BCUT2D eigenvalue weighted by Gasteiger charge is 2.09. The Labute approximate surface area is 109 Å². The van der Waals surface area contributed by atoms with Crippen LogP contribution in [0.2, 0.25) is 0 Å². The van der Waals surface area contributed by atoms with Crippen LogP contribution in [0.4, 0.5) is 0 Å². The predicted molar refractivity (Wildman–Crippen MR) is 68.5 cm³/mol. The second kappa shape index (κ2) is 5.90. The van der Waals surface area contributed by atoms with Gasteiger partial charge in [0.2, 0.25) is 0 Å². The average molecular weight is 259 g/mol. The Morgan fingerprint density at radius 2 is 2.00 bits per heavy atom. The third-order valence-electron chi connectivity index (χ3n) is 2.52. The van der Waals surface area contributed by atoms with Crippen molar-refractivity contribution in [2.75, 3.05) is 13.7 Å². The van der Waals surface area contributed by atoms with Crippen molar-refractivity contribution >= 4 is 22.9 Å². The molecule has 0 saturated carbocycles. The van der Waals surface area contributed by atoms with Crippen LogP contribution in [0.15, 0.2) is 30.5 Å². The Kier molecular flexibility index (Phi) is 4.02. The van der Waals surface area contributed by atoms with Crippen LogP contribution in [0, 0.1) is 0 Å². The third kappa shape index (κ3) is 3.25. The Balaban J connectivity index is 2.03. The Morgan fingerprint density at radius 1 is 1.26 bits per heavy atom. The maximum atomic E-state index is 11.8. The number of methoxy groups -OCH3 is 1. The summed E-state index contributed by atoms with van der Waals surface area (Å²) in [6, 6.07) is 7.29. The quantitative estimate of drug-likeness (QED) is 0.826. The molecule has 0 unspecified atom stereocenters. The number of benzene rings is 1. The molecule has 1 N–H and O–H groups in total. The number of fused-ring (bicyclic) bond motifs is 1. The molecule has 0 bridgehead atoms. The standard InChI is InChI=1S/C13H13N3O3/c1-19-12(17)6-7-14-13(18)11-8-15-9-4-2-3-5-10(9)16-11/h2-5,8H,6-7H2,1H3,(H,14,18). The van der Waals surface area contributed by atoms with Crippen molar-refractivity contribution < 1.29 is 14.3 Å². The van der Waals surface area contributed by atoms with Crippen LogP contribution in [0.5, 0.6) is 0 Å². The number of amides is 1. The van der Waals surface area contributed by atoms with Gasteiger partial charge in [0.15, 0.2) is 0 Å². The van der Waals surface area contributed by atoms with E-state index >= 15 is 0 Å². The fraction of sp³-hybridized carbons (Fsp3) is 0.231. The van der Waals surface area contributed by atoms with Gasteiger partial charge in [-0.25, -0.2) is 4.98 Å². The highest BCUT2D eigenvalue weighted by Crippen LogP contribution is 2.08. The molecule has 0 fully saturated rings. The van der Waals surface area contributed by atoms with Crippen LogP contribution >= 0.6 is 0 Å². The van der Waals surface area contributed by atoms with Crippen molar-refractivity contribution in [3.8, 4) is 0 Å². The molecule has 0 aliphatic heterocycles. The van der Waals surface area contributed by atoms with E-state index in [4.69, 9.17) is 0 Å². The van der Waals surface area contributed by atoms with Gasteiger partial charge < -0.3 is 10.1 Å². The number of ether oxygens (including phenoxy) is 1. The summed E-state index contributed by atoms with van der Waals surface area (Å²) >= 11 is 0. The van der Waals surface area contributed by atoms with Crippen molar-refractivity contribution in [3.05, 3.63) is 36.2 Å². The largest absolute Gasteiger partial charge is 0.469 e. The summed E-state index contributed by atoms with van der Waals surface area (Å²) in [5.41, 5.74) is 1.61. The summed E-state index contributed by atoms with van der Waals surface area (Å²) in [6.07, 6.45) is 1.54. The predicted octanol–water partition coefficient (Wildman–Crippen LogP) is 0.923. The van der Waals surface area contributed by atoms with Crippen LogP contribution in [-0.4, -0.2) is 35.5 Å². The van der Waals surface area contributed by atoms with Gasteiger partial charge >= 0.3 is 5.97 Å². The second-order valence-electron chi connectivity index (χ2n) is 3.83. The number of rotatable bonds is 4. The minimum absolute atomic E-state index is 0.128. The number of hydrogen-bond donors (Lipinski definition) is 1. The Morgan fingerprint density at radius 3 is 2.74 bits per heavy atom. The summed E-state index contributed by atoms with van der Waals surface area (Å²) < 4.78 is 4.48. The first-order valence-electron chi connectivity index (χ1n) is 5.77. The van der Waals surface area contributed by atoms with E-state index in [1.165, 1.54) is 13.3 Å². The summed E-state index contributed by atoms with van der Waals surface area (Å²) in [7, 11) is 1.30. The fourth-order valence-corrected chi connectivity index (χ4v) is 1.54. The van der Waals surface area contributed by atoms with Gasteiger partial charge in [-0.05, 0) is 12.1 Å². The van der Waals surface area contributed by atoms with E-state index in [0.29, 0.717) is 5.52 Å². The maximum Gasteiger partial charge on any atom is 0.307 e. The van der Waals surface area contributed by atoms with Crippen LogP contribution < -0.4 is 5.32 Å². The van der Waals surface area contributed by atoms with Gasteiger partial charge in [-0.15, -0.1) is 0 Å². The number of para-hydroxylation sites is 2. The molecule has 0 aliphatic rings. The zero-order valence-electron chi connectivity index (χ0n) is 10.4. The topological polar surface area (TPSA) is 81.2 Å². The van der Waals surface area contributed by atoms with Crippen molar-refractivity contribution in [2.24, 2.45) is 0 Å². The van der Waals surface area contributed by atoms with Crippen molar-refractivity contribution in [1.82, 2.24) is 15.3 Å². The molecule has 1 aromatic carbocycles. The molecule has 6 heteroatoms. The van der Waals surface area contributed by atoms with Crippen LogP contribution in [-0.2, 0) is 9.53 Å². The first-order valence-corrected chi connectivity index (χ1v) is 5.77. The Bertz CT molecular complexity index is 613. The summed E-state index contributed by atoms with van der Waals surface area (Å²) in [5.74, 6) is -0.730. The molecule has 0 spiro atoms. The van der Waals surface area contributed by atoms with E-state index < -0.39 is 0 Å². The molecule has 19 heavy (non-hydrogen) atoms. The zero-order chi connectivity index (χ0) is 13.7. The van der Waals surface area contributed by atoms with Crippen molar-refractivity contribution in [2.45, 2.75) is 6.42 Å². The number of carbonyl (C=O) groups excluding carboxylic acids is 2. The van der Waals surface area contributed by atoms with E-state index in [0.717, 1.165) is 5.52 Å². The SMILES string of the molecule is COC(=O)CCNC(=O)c1cnc2ccccc2n1. The lowest BCUT2D eigenvalue weighted by Crippen LogP contribution is -2.27. The highest BCUT2D eigenvalue weighted by molar-refractivity contribution is 5.93. The van der Waals surface area contributed by atoms with Gasteiger partial charge in [0.25, 0.3) is 5.91 Å². The molecule has 1 aromatic heterocycles. The minimum atomic E-state index is -0.370. The molecule has 1 amide bonds. The van der Waals surface area contributed by atoms with Crippen LogP contribution in [0.3, 0.4) is 0 Å². The number of carbonyl (C=O) groups is 2. The number of esters is 1. The molecular weight excluding hydrogens is 246 g/mol. The van der Waals surface area contributed by atoms with E-state index in [2.05, 4.69) is 20.0 Å². The van der Waals surface area contributed by atoms with Crippen LogP contribution in [0.1, 0.15) is 16.9 Å². The smallest absolute Gasteiger partial charge is 0.307 e. The van der Waals surface area contributed by atoms with Crippen molar-refractivity contribution in [3.63, 3.8) is 0 Å². The lowest BCUT2D eigenvalue weighted by Gasteiger charge is -2.04. The number of hydrogen-bond acceptors (Lipinski definition) is 5. The summed E-state index contributed by atoms with van der Waals surface area (Å²) in [6.45, 7) is 0.208. The van der Waals surface area contributed by atoms with Gasteiger partial charge in [0.05, 0.1) is 30.8 Å². The molecule has 2 rings (SSSR count). The number of nitrogens with one attached hydrogen (secondary N) is 1. The minimum Gasteiger partial charge on any atom is -0.469 e. The molecular formula is C13H13N3O3. The maximum absolute atomic E-state index is 11.8. The molecule has 0 aliphatic carbocycles. The molecule has 0 radical (unpaired) electrons. The van der Waals surface area contributed by atoms with E-state index in [1.54, 1.807) is 6.07 Å². The molecule has 0 atom stereocenters. The molecule has 2 aromatic rings. The van der Waals surface area contributed by atoms with E-state index in [1.807, 2.05) is 18.2 Å². The average Bonchev–Trinajstić information content (AvgIpc) is 2.46. The van der Waals surface area contributed by atoms with Gasteiger partial charge in [-0.1, -0.05) is 12.1 Å². The van der Waals surface area contributed by atoms with E-state index in [9.17, 15) is 9.59 Å². The first kappa shape index (κ1) is 12.9. The lowest BCUT2D eigenvalue weighted by molar-refractivity contribution is -0.140. The van der Waals surface area contributed by atoms with Gasteiger partial charge in [-0.3, -0.25) is 14.6 Å².